The predicted molar refractivity (Wildman–Crippen MR) is 64.6 cm³/mol. The van der Waals surface area contributed by atoms with Crippen LogP contribution in [0.2, 0.25) is 0 Å². The molecule has 0 saturated heterocycles. The van der Waals surface area contributed by atoms with Gasteiger partial charge in [0.15, 0.2) is 0 Å². The molecule has 2 rings (SSSR count). The molecule has 2 aromatic rings. The molecule has 16 heavy (non-hydrogen) atoms. The quantitative estimate of drug-likeness (QED) is 0.868. The number of hydrogen-bond donors (Lipinski definition) is 1. The van der Waals surface area contributed by atoms with Crippen molar-refractivity contribution in [3.63, 3.8) is 0 Å². The molecule has 0 fully saturated rings. The minimum Gasteiger partial charge on any atom is -0.383 e. The fourth-order valence-electron chi connectivity index (χ4n) is 1.57. The summed E-state index contributed by atoms with van der Waals surface area (Å²) in [6.45, 7) is 5.97. The first-order chi connectivity index (χ1) is 7.59. The van der Waals surface area contributed by atoms with Crippen LogP contribution in [0.1, 0.15) is 33.4 Å². The van der Waals surface area contributed by atoms with E-state index in [4.69, 9.17) is 0 Å². The average Bonchev–Trinajstić information content (AvgIpc) is 2.67. The van der Waals surface area contributed by atoms with E-state index in [9.17, 15) is 5.11 Å². The summed E-state index contributed by atoms with van der Waals surface area (Å²) in [6, 6.07) is 5.99. The average molecular weight is 234 g/mol. The van der Waals surface area contributed by atoms with E-state index < -0.39 is 6.10 Å². The fourth-order valence-corrected chi connectivity index (χ4v) is 2.23. The van der Waals surface area contributed by atoms with E-state index in [1.54, 1.807) is 0 Å². The Kier molecular flexibility index (Phi) is 3.03. The van der Waals surface area contributed by atoms with Gasteiger partial charge in [-0.25, -0.2) is 0 Å². The SMILES string of the molecule is Cc1ccc(C(O)c2snnc2C)cc1C. The third-order valence-electron chi connectivity index (χ3n) is 2.78. The molecule has 0 spiro atoms. The molecule has 0 saturated carbocycles. The summed E-state index contributed by atoms with van der Waals surface area (Å²) in [6.07, 6.45) is -0.612. The van der Waals surface area contributed by atoms with E-state index in [-0.39, 0.29) is 0 Å². The molecule has 0 aliphatic carbocycles. The zero-order valence-corrected chi connectivity index (χ0v) is 10.4. The Morgan fingerprint density at radius 2 is 1.94 bits per heavy atom. The first kappa shape index (κ1) is 11.2. The van der Waals surface area contributed by atoms with Crippen LogP contribution in [0, 0.1) is 20.8 Å². The highest BCUT2D eigenvalue weighted by Crippen LogP contribution is 2.27. The van der Waals surface area contributed by atoms with Gasteiger partial charge in [-0.15, -0.1) is 5.10 Å². The Morgan fingerprint density at radius 3 is 2.50 bits per heavy atom. The maximum absolute atomic E-state index is 10.2. The lowest BCUT2D eigenvalue weighted by molar-refractivity contribution is 0.223. The van der Waals surface area contributed by atoms with Gasteiger partial charge in [0.05, 0.1) is 10.6 Å². The second-order valence-corrected chi connectivity index (χ2v) is 4.75. The van der Waals surface area contributed by atoms with Gasteiger partial charge < -0.3 is 5.11 Å². The van der Waals surface area contributed by atoms with Crippen molar-refractivity contribution in [3.05, 3.63) is 45.5 Å². The number of aromatic nitrogens is 2. The van der Waals surface area contributed by atoms with Gasteiger partial charge in [0, 0.05) is 0 Å². The highest BCUT2D eigenvalue weighted by molar-refractivity contribution is 7.05. The number of rotatable bonds is 2. The summed E-state index contributed by atoms with van der Waals surface area (Å²) >= 11 is 1.25. The zero-order valence-electron chi connectivity index (χ0n) is 9.56. The Balaban J connectivity index is 2.38. The third kappa shape index (κ3) is 1.99. The molecular formula is C12H14N2OS. The van der Waals surface area contributed by atoms with E-state index in [0.717, 1.165) is 16.1 Å². The Bertz CT molecular complexity index is 507. The number of aryl methyl sites for hydroxylation is 3. The van der Waals surface area contributed by atoms with Gasteiger partial charge in [-0.2, -0.15) is 0 Å². The molecule has 1 N–H and O–H groups in total. The Hall–Kier alpha value is -1.26. The third-order valence-corrected chi connectivity index (χ3v) is 3.66. The van der Waals surface area contributed by atoms with Crippen LogP contribution in [-0.2, 0) is 0 Å². The van der Waals surface area contributed by atoms with E-state index in [2.05, 4.69) is 16.5 Å². The summed E-state index contributed by atoms with van der Waals surface area (Å²) in [7, 11) is 0. The van der Waals surface area contributed by atoms with Crippen LogP contribution in [0.3, 0.4) is 0 Å². The lowest BCUT2D eigenvalue weighted by Crippen LogP contribution is -2.00. The van der Waals surface area contributed by atoms with Crippen molar-refractivity contribution < 1.29 is 5.11 Å². The van der Waals surface area contributed by atoms with Crippen molar-refractivity contribution in [1.82, 2.24) is 9.59 Å². The molecule has 0 amide bonds. The molecule has 1 aromatic carbocycles. The minimum absolute atomic E-state index is 0.612. The number of aliphatic hydroxyl groups excluding tert-OH is 1. The number of hydrogen-bond acceptors (Lipinski definition) is 4. The second kappa shape index (κ2) is 4.31. The standard InChI is InChI=1S/C12H14N2OS/c1-7-4-5-10(6-8(7)2)11(15)12-9(3)13-14-16-12/h4-6,11,15H,1-3H3. The predicted octanol–water partition coefficient (Wildman–Crippen LogP) is 2.55. The Morgan fingerprint density at radius 1 is 1.19 bits per heavy atom. The number of aliphatic hydroxyl groups is 1. The highest BCUT2D eigenvalue weighted by atomic mass is 32.1. The molecule has 3 nitrogen and oxygen atoms in total. The minimum atomic E-state index is -0.612. The smallest absolute Gasteiger partial charge is 0.117 e. The van der Waals surface area contributed by atoms with Crippen molar-refractivity contribution in [2.24, 2.45) is 0 Å². The maximum atomic E-state index is 10.2. The molecular weight excluding hydrogens is 220 g/mol. The summed E-state index contributed by atoms with van der Waals surface area (Å²) in [5, 5.41) is 14.1. The lowest BCUT2D eigenvalue weighted by Gasteiger charge is -2.11. The summed E-state index contributed by atoms with van der Waals surface area (Å²) in [5.74, 6) is 0. The van der Waals surface area contributed by atoms with Crippen LogP contribution in [0.15, 0.2) is 18.2 Å². The van der Waals surface area contributed by atoms with Crippen molar-refractivity contribution >= 4 is 11.5 Å². The van der Waals surface area contributed by atoms with Crippen LogP contribution in [-0.4, -0.2) is 14.7 Å². The van der Waals surface area contributed by atoms with Crippen molar-refractivity contribution in [1.29, 1.82) is 0 Å². The molecule has 0 bridgehead atoms. The molecule has 1 aromatic heterocycles. The van der Waals surface area contributed by atoms with Crippen LogP contribution in [0.4, 0.5) is 0 Å². The van der Waals surface area contributed by atoms with Gasteiger partial charge in [0.25, 0.3) is 0 Å². The van der Waals surface area contributed by atoms with Crippen molar-refractivity contribution in [2.75, 3.05) is 0 Å². The normalized spacial score (nSPS) is 12.8. The van der Waals surface area contributed by atoms with Gasteiger partial charge >= 0.3 is 0 Å². The first-order valence-electron chi connectivity index (χ1n) is 5.13. The summed E-state index contributed by atoms with van der Waals surface area (Å²) < 4.78 is 3.84. The maximum Gasteiger partial charge on any atom is 0.117 e. The van der Waals surface area contributed by atoms with Gasteiger partial charge in [-0.1, -0.05) is 22.7 Å². The summed E-state index contributed by atoms with van der Waals surface area (Å²) in [5.41, 5.74) is 4.12. The number of nitrogens with zero attached hydrogens (tertiary/aromatic N) is 2. The van der Waals surface area contributed by atoms with E-state index in [1.807, 2.05) is 32.0 Å². The first-order valence-corrected chi connectivity index (χ1v) is 5.91. The van der Waals surface area contributed by atoms with Gasteiger partial charge in [0.2, 0.25) is 0 Å². The topological polar surface area (TPSA) is 46.0 Å². The van der Waals surface area contributed by atoms with Gasteiger partial charge in [-0.05, 0) is 49.0 Å². The van der Waals surface area contributed by atoms with Crippen LogP contribution >= 0.6 is 11.5 Å². The number of benzene rings is 1. The molecule has 84 valence electrons. The van der Waals surface area contributed by atoms with E-state index >= 15 is 0 Å². The molecule has 1 heterocycles. The monoisotopic (exact) mass is 234 g/mol. The van der Waals surface area contributed by atoms with Crippen molar-refractivity contribution in [2.45, 2.75) is 26.9 Å². The highest BCUT2D eigenvalue weighted by Gasteiger charge is 2.16. The molecule has 4 heteroatoms. The largest absolute Gasteiger partial charge is 0.383 e. The van der Waals surface area contributed by atoms with Crippen LogP contribution < -0.4 is 0 Å². The zero-order chi connectivity index (χ0) is 11.7. The molecule has 1 unspecified atom stereocenters. The second-order valence-electron chi connectivity index (χ2n) is 3.97. The van der Waals surface area contributed by atoms with E-state index in [0.29, 0.717) is 0 Å². The lowest BCUT2D eigenvalue weighted by atomic mass is 10.0. The molecule has 0 aliphatic heterocycles. The Labute approximate surface area is 98.9 Å². The molecule has 0 radical (unpaired) electrons. The summed E-state index contributed by atoms with van der Waals surface area (Å²) in [4.78, 5) is 0.822. The molecule has 0 aliphatic rings. The van der Waals surface area contributed by atoms with Gasteiger partial charge in [-0.3, -0.25) is 0 Å². The fraction of sp³-hybridized carbons (Fsp3) is 0.333. The van der Waals surface area contributed by atoms with Crippen LogP contribution in [0.25, 0.3) is 0 Å². The van der Waals surface area contributed by atoms with Crippen molar-refractivity contribution in [3.8, 4) is 0 Å². The van der Waals surface area contributed by atoms with E-state index in [1.165, 1.54) is 22.7 Å². The van der Waals surface area contributed by atoms with Gasteiger partial charge in [0.1, 0.15) is 6.10 Å². The molecule has 1 atom stereocenters. The van der Waals surface area contributed by atoms with Crippen LogP contribution in [0.5, 0.6) is 0 Å².